The minimum Gasteiger partial charge on any atom is -0.361 e. The van der Waals surface area contributed by atoms with Crippen LogP contribution in [0.15, 0.2) is 91.1 Å². The first-order chi connectivity index (χ1) is 16.7. The Hall–Kier alpha value is -3.86. The van der Waals surface area contributed by atoms with Crippen molar-refractivity contribution in [1.82, 2.24) is 15.2 Å². The lowest BCUT2D eigenvalue weighted by Crippen LogP contribution is -2.46. The van der Waals surface area contributed by atoms with Gasteiger partial charge in [0.2, 0.25) is 11.8 Å². The fourth-order valence-corrected chi connectivity index (χ4v) is 4.98. The molecule has 2 N–H and O–H groups in total. The summed E-state index contributed by atoms with van der Waals surface area (Å²) in [5, 5.41) is 4.35. The number of amides is 2. The summed E-state index contributed by atoms with van der Waals surface area (Å²) in [5.74, 6) is -0.108. The number of H-pyrrole nitrogens is 1. The van der Waals surface area contributed by atoms with Gasteiger partial charge in [0, 0.05) is 42.5 Å². The average molecular weight is 452 g/mol. The SMILES string of the molecule is O=C(NCC(c1ccccc1)c1c[nH]c2ccccc12)C(c1ccccc1)N1CCCCC1=O. The van der Waals surface area contributed by atoms with E-state index in [9.17, 15) is 9.59 Å². The Morgan fingerprint density at radius 3 is 2.29 bits per heavy atom. The molecule has 1 aromatic heterocycles. The maximum Gasteiger partial charge on any atom is 0.247 e. The van der Waals surface area contributed by atoms with Gasteiger partial charge in [-0.2, -0.15) is 0 Å². The van der Waals surface area contributed by atoms with Crippen LogP contribution in [0.1, 0.15) is 47.9 Å². The van der Waals surface area contributed by atoms with Gasteiger partial charge in [0.1, 0.15) is 6.04 Å². The molecule has 2 unspecified atom stereocenters. The molecule has 1 aliphatic heterocycles. The quantitative estimate of drug-likeness (QED) is 0.407. The third-order valence-electron chi connectivity index (χ3n) is 6.71. The summed E-state index contributed by atoms with van der Waals surface area (Å²) >= 11 is 0. The van der Waals surface area contributed by atoms with E-state index in [4.69, 9.17) is 0 Å². The number of aromatic nitrogens is 1. The Morgan fingerprint density at radius 2 is 1.56 bits per heavy atom. The van der Waals surface area contributed by atoms with Gasteiger partial charge in [0.25, 0.3) is 0 Å². The Labute approximate surface area is 199 Å². The molecule has 1 fully saturated rings. The monoisotopic (exact) mass is 451 g/mol. The standard InChI is InChI=1S/C29H29N3O2/c33-27-17-9-10-18-32(27)28(22-13-5-2-6-14-22)29(34)31-19-24(21-11-3-1-4-12-21)25-20-30-26-16-8-7-15-23(25)26/h1-8,11-16,20,24,28,30H,9-10,17-19H2,(H,31,34). The third-order valence-corrected chi connectivity index (χ3v) is 6.71. The van der Waals surface area contributed by atoms with E-state index in [1.54, 1.807) is 4.90 Å². The third kappa shape index (κ3) is 4.46. The van der Waals surface area contributed by atoms with Crippen molar-refractivity contribution in [3.8, 4) is 0 Å². The summed E-state index contributed by atoms with van der Waals surface area (Å²) in [6.07, 6.45) is 4.34. The van der Waals surface area contributed by atoms with Crippen LogP contribution >= 0.6 is 0 Å². The molecular weight excluding hydrogens is 422 g/mol. The van der Waals surface area contributed by atoms with Crippen molar-refractivity contribution in [1.29, 1.82) is 0 Å². The van der Waals surface area contributed by atoms with Gasteiger partial charge in [-0.05, 0) is 35.6 Å². The van der Waals surface area contributed by atoms with Crippen molar-refractivity contribution in [2.75, 3.05) is 13.1 Å². The molecule has 4 aromatic rings. The normalized spacial score (nSPS) is 15.8. The average Bonchev–Trinajstić information content (AvgIpc) is 3.31. The predicted molar refractivity (Wildman–Crippen MR) is 134 cm³/mol. The second kappa shape index (κ2) is 9.96. The highest BCUT2D eigenvalue weighted by Gasteiger charge is 2.33. The van der Waals surface area contributed by atoms with Gasteiger partial charge < -0.3 is 15.2 Å². The minimum atomic E-state index is -0.617. The van der Waals surface area contributed by atoms with Gasteiger partial charge in [0.15, 0.2) is 0 Å². The molecule has 3 aromatic carbocycles. The highest BCUT2D eigenvalue weighted by molar-refractivity contribution is 5.89. The van der Waals surface area contributed by atoms with Gasteiger partial charge in [-0.15, -0.1) is 0 Å². The molecule has 0 radical (unpaired) electrons. The molecule has 0 spiro atoms. The Kier molecular flexibility index (Phi) is 6.43. The number of nitrogens with one attached hydrogen (secondary N) is 2. The number of carbonyl (C=O) groups excluding carboxylic acids is 2. The summed E-state index contributed by atoms with van der Waals surface area (Å²) in [6.45, 7) is 1.05. The predicted octanol–water partition coefficient (Wildman–Crippen LogP) is 5.17. The summed E-state index contributed by atoms with van der Waals surface area (Å²) in [4.78, 5) is 31.5. The summed E-state index contributed by atoms with van der Waals surface area (Å²) in [7, 11) is 0. The number of hydrogen-bond acceptors (Lipinski definition) is 2. The zero-order chi connectivity index (χ0) is 23.3. The zero-order valence-electron chi connectivity index (χ0n) is 19.1. The highest BCUT2D eigenvalue weighted by atomic mass is 16.2. The lowest BCUT2D eigenvalue weighted by atomic mass is 9.90. The van der Waals surface area contributed by atoms with Crippen molar-refractivity contribution in [3.05, 3.63) is 108 Å². The fraction of sp³-hybridized carbons (Fsp3) is 0.241. The van der Waals surface area contributed by atoms with Gasteiger partial charge in [-0.25, -0.2) is 0 Å². The number of aromatic amines is 1. The van der Waals surface area contributed by atoms with Crippen LogP contribution in [0.3, 0.4) is 0 Å². The molecule has 0 bridgehead atoms. The van der Waals surface area contributed by atoms with Crippen LogP contribution in [0.5, 0.6) is 0 Å². The lowest BCUT2D eigenvalue weighted by molar-refractivity contribution is -0.142. The first-order valence-electron chi connectivity index (χ1n) is 12.0. The minimum absolute atomic E-state index is 0.0187. The lowest BCUT2D eigenvalue weighted by Gasteiger charge is -2.34. The number of rotatable bonds is 7. The second-order valence-electron chi connectivity index (χ2n) is 8.86. The number of para-hydroxylation sites is 1. The maximum absolute atomic E-state index is 13.6. The molecule has 2 amide bonds. The summed E-state index contributed by atoms with van der Waals surface area (Å²) < 4.78 is 0. The van der Waals surface area contributed by atoms with Crippen LogP contribution in [-0.2, 0) is 9.59 Å². The first-order valence-corrected chi connectivity index (χ1v) is 12.0. The number of piperidine rings is 1. The maximum atomic E-state index is 13.6. The molecule has 2 atom stereocenters. The van der Waals surface area contributed by atoms with Crippen LogP contribution in [0, 0.1) is 0 Å². The van der Waals surface area contributed by atoms with Gasteiger partial charge in [-0.3, -0.25) is 9.59 Å². The van der Waals surface area contributed by atoms with Crippen LogP contribution in [0.25, 0.3) is 10.9 Å². The Balaban J connectivity index is 1.44. The van der Waals surface area contributed by atoms with Crippen molar-refractivity contribution in [3.63, 3.8) is 0 Å². The molecule has 1 saturated heterocycles. The number of benzene rings is 3. The summed E-state index contributed by atoms with van der Waals surface area (Å²) in [5.41, 5.74) is 4.20. The van der Waals surface area contributed by atoms with E-state index in [-0.39, 0.29) is 17.7 Å². The van der Waals surface area contributed by atoms with E-state index in [0.717, 1.165) is 40.4 Å². The van der Waals surface area contributed by atoms with E-state index in [1.165, 1.54) is 0 Å². The van der Waals surface area contributed by atoms with Crippen LogP contribution < -0.4 is 5.32 Å². The van der Waals surface area contributed by atoms with Gasteiger partial charge >= 0.3 is 0 Å². The molecule has 5 heteroatoms. The summed E-state index contributed by atoms with van der Waals surface area (Å²) in [6, 6.07) is 27.5. The van der Waals surface area contributed by atoms with Crippen LogP contribution in [0.4, 0.5) is 0 Å². The van der Waals surface area contributed by atoms with Crippen molar-refractivity contribution in [2.24, 2.45) is 0 Å². The largest absolute Gasteiger partial charge is 0.361 e. The van der Waals surface area contributed by atoms with E-state index in [2.05, 4.69) is 34.6 Å². The number of nitrogens with zero attached hydrogens (tertiary/aromatic N) is 1. The van der Waals surface area contributed by atoms with Crippen molar-refractivity contribution < 1.29 is 9.59 Å². The van der Waals surface area contributed by atoms with Crippen molar-refractivity contribution >= 4 is 22.7 Å². The Bertz CT molecular complexity index is 1270. The van der Waals surface area contributed by atoms with E-state index >= 15 is 0 Å². The van der Waals surface area contributed by atoms with Gasteiger partial charge in [0.05, 0.1) is 0 Å². The highest BCUT2D eigenvalue weighted by Crippen LogP contribution is 2.31. The number of hydrogen-bond donors (Lipinski definition) is 2. The van der Waals surface area contributed by atoms with Crippen molar-refractivity contribution in [2.45, 2.75) is 31.2 Å². The second-order valence-corrected chi connectivity index (χ2v) is 8.86. The number of likely N-dealkylation sites (tertiary alicyclic amines) is 1. The molecule has 0 saturated carbocycles. The van der Waals surface area contributed by atoms with E-state index in [0.29, 0.717) is 19.5 Å². The molecule has 34 heavy (non-hydrogen) atoms. The van der Waals surface area contributed by atoms with Crippen LogP contribution in [0.2, 0.25) is 0 Å². The first kappa shape index (κ1) is 22.0. The molecule has 2 heterocycles. The van der Waals surface area contributed by atoms with E-state index < -0.39 is 6.04 Å². The van der Waals surface area contributed by atoms with Crippen LogP contribution in [-0.4, -0.2) is 34.8 Å². The zero-order valence-corrected chi connectivity index (χ0v) is 19.1. The molecule has 1 aliphatic rings. The van der Waals surface area contributed by atoms with E-state index in [1.807, 2.05) is 66.9 Å². The molecule has 172 valence electrons. The molecular formula is C29H29N3O2. The molecule has 0 aliphatic carbocycles. The number of carbonyl (C=O) groups is 2. The fourth-order valence-electron chi connectivity index (χ4n) is 4.98. The smallest absolute Gasteiger partial charge is 0.247 e. The Morgan fingerprint density at radius 1 is 0.882 bits per heavy atom. The topological polar surface area (TPSA) is 65.2 Å². The molecule has 5 rings (SSSR count). The van der Waals surface area contributed by atoms with Gasteiger partial charge in [-0.1, -0.05) is 78.9 Å². The number of fused-ring (bicyclic) bond motifs is 1. The molecule has 5 nitrogen and oxygen atoms in total.